The molecule has 0 spiro atoms. The Bertz CT molecular complexity index is 230. The monoisotopic (exact) mass is 178 g/mol. The second-order valence-electron chi connectivity index (χ2n) is 3.43. The molecule has 1 aliphatic heterocycles. The summed E-state index contributed by atoms with van der Waals surface area (Å²) in [5.41, 5.74) is 0. The van der Waals surface area contributed by atoms with Crippen molar-refractivity contribution in [1.82, 2.24) is 4.90 Å². The average Bonchev–Trinajstić information content (AvgIpc) is 2.18. The lowest BCUT2D eigenvalue weighted by molar-refractivity contribution is -0.134. The average molecular weight is 178 g/mol. The predicted molar refractivity (Wildman–Crippen MR) is 52.7 cm³/mol. The summed E-state index contributed by atoms with van der Waals surface area (Å²) >= 11 is 0. The first-order valence-electron chi connectivity index (χ1n) is 4.82. The molecule has 1 fully saturated rings. The molecule has 0 aromatic heterocycles. The van der Waals surface area contributed by atoms with E-state index in [-0.39, 0.29) is 11.8 Å². The van der Waals surface area contributed by atoms with Crippen molar-refractivity contribution in [3.05, 3.63) is 6.92 Å². The Labute approximate surface area is 80.3 Å². The number of carbonyl (C=O) groups is 1. The molecule has 0 bridgehead atoms. The largest absolute Gasteiger partial charge is 0.342 e. The summed E-state index contributed by atoms with van der Waals surface area (Å²) in [5, 5.41) is 0. The molecule has 0 saturated carbocycles. The van der Waals surface area contributed by atoms with Crippen LogP contribution < -0.4 is 0 Å². The Balaban J connectivity index is 2.48. The van der Waals surface area contributed by atoms with Gasteiger partial charge >= 0.3 is 0 Å². The molecule has 2 heteroatoms. The maximum absolute atomic E-state index is 11.7. The maximum atomic E-state index is 11.7. The van der Waals surface area contributed by atoms with Crippen molar-refractivity contribution >= 4 is 5.91 Å². The second-order valence-corrected chi connectivity index (χ2v) is 3.43. The summed E-state index contributed by atoms with van der Waals surface area (Å²) in [5.74, 6) is 5.31. The molecule has 1 rings (SSSR count). The molecule has 1 heterocycles. The van der Waals surface area contributed by atoms with Crippen molar-refractivity contribution in [2.24, 2.45) is 5.92 Å². The molecule has 0 aliphatic carbocycles. The Morgan fingerprint density at radius 3 is 2.54 bits per heavy atom. The van der Waals surface area contributed by atoms with E-state index < -0.39 is 0 Å². The molecule has 1 amide bonds. The topological polar surface area (TPSA) is 20.3 Å². The van der Waals surface area contributed by atoms with Crippen LogP contribution in [0.2, 0.25) is 0 Å². The highest BCUT2D eigenvalue weighted by molar-refractivity contribution is 5.81. The molecule has 13 heavy (non-hydrogen) atoms. The lowest BCUT2D eigenvalue weighted by Crippen LogP contribution is -2.38. The first-order chi connectivity index (χ1) is 6.25. The van der Waals surface area contributed by atoms with Crippen molar-refractivity contribution in [3.8, 4) is 11.8 Å². The lowest BCUT2D eigenvalue weighted by Gasteiger charge is -2.27. The third-order valence-corrected chi connectivity index (χ3v) is 2.36. The highest BCUT2D eigenvalue weighted by Gasteiger charge is 2.20. The molecular weight excluding hydrogens is 162 g/mol. The van der Waals surface area contributed by atoms with Gasteiger partial charge in [0, 0.05) is 20.0 Å². The summed E-state index contributed by atoms with van der Waals surface area (Å²) in [6, 6.07) is 0. The van der Waals surface area contributed by atoms with Gasteiger partial charge in [0.25, 0.3) is 0 Å². The zero-order valence-electron chi connectivity index (χ0n) is 8.18. The molecule has 0 N–H and O–H groups in total. The summed E-state index contributed by atoms with van der Waals surface area (Å²) in [7, 11) is 0. The van der Waals surface area contributed by atoms with Crippen LogP contribution in [-0.2, 0) is 4.79 Å². The van der Waals surface area contributed by atoms with Crippen LogP contribution in [0.3, 0.4) is 0 Å². The van der Waals surface area contributed by atoms with Crippen molar-refractivity contribution in [1.29, 1.82) is 0 Å². The van der Waals surface area contributed by atoms with Crippen LogP contribution in [0.25, 0.3) is 0 Å². The molecule has 0 aromatic rings. The fourth-order valence-corrected chi connectivity index (χ4v) is 1.60. The summed E-state index contributed by atoms with van der Waals surface area (Å²) in [6.45, 7) is 7.07. The molecule has 0 aromatic carbocycles. The van der Waals surface area contributed by atoms with Gasteiger partial charge in [-0.1, -0.05) is 5.92 Å². The summed E-state index contributed by atoms with van der Waals surface area (Å²) in [4.78, 5) is 13.6. The van der Waals surface area contributed by atoms with Crippen LogP contribution in [0.1, 0.15) is 26.2 Å². The van der Waals surface area contributed by atoms with Gasteiger partial charge < -0.3 is 4.90 Å². The summed E-state index contributed by atoms with van der Waals surface area (Å²) < 4.78 is 0. The SMILES string of the molecule is [CH2]C#CC(C)C(=O)N1CCCCC1. The number of rotatable bonds is 1. The van der Waals surface area contributed by atoms with Crippen molar-refractivity contribution in [2.75, 3.05) is 13.1 Å². The van der Waals surface area contributed by atoms with E-state index in [1.165, 1.54) is 6.42 Å². The van der Waals surface area contributed by atoms with Gasteiger partial charge in [0.2, 0.25) is 5.91 Å². The molecule has 2 nitrogen and oxygen atoms in total. The van der Waals surface area contributed by atoms with E-state index in [4.69, 9.17) is 0 Å². The molecule has 1 aliphatic rings. The van der Waals surface area contributed by atoms with Crippen LogP contribution >= 0.6 is 0 Å². The maximum Gasteiger partial charge on any atom is 0.237 e. The number of carbonyl (C=O) groups excluding carboxylic acids is 1. The zero-order valence-corrected chi connectivity index (χ0v) is 8.18. The molecule has 1 unspecified atom stereocenters. The standard InChI is InChI=1S/C11H16NO/c1-3-7-10(2)11(13)12-8-5-4-6-9-12/h10H,1,4-6,8-9H2,2H3. The molecule has 1 atom stereocenters. The number of amides is 1. The number of piperidine rings is 1. The summed E-state index contributed by atoms with van der Waals surface area (Å²) in [6.07, 6.45) is 3.52. The minimum absolute atomic E-state index is 0.163. The third-order valence-electron chi connectivity index (χ3n) is 2.36. The van der Waals surface area contributed by atoms with Crippen LogP contribution in [0.15, 0.2) is 0 Å². The van der Waals surface area contributed by atoms with Crippen molar-refractivity contribution in [2.45, 2.75) is 26.2 Å². The molecule has 1 saturated heterocycles. The van der Waals surface area contributed by atoms with E-state index >= 15 is 0 Å². The van der Waals surface area contributed by atoms with E-state index in [0.717, 1.165) is 25.9 Å². The van der Waals surface area contributed by atoms with Gasteiger partial charge in [0.1, 0.15) is 0 Å². The van der Waals surface area contributed by atoms with Crippen LogP contribution in [0, 0.1) is 24.7 Å². The van der Waals surface area contributed by atoms with Crippen molar-refractivity contribution < 1.29 is 4.79 Å². The van der Waals surface area contributed by atoms with Gasteiger partial charge in [0.15, 0.2) is 0 Å². The Hall–Kier alpha value is -0.970. The lowest BCUT2D eigenvalue weighted by atomic mass is 10.1. The van der Waals surface area contributed by atoms with Crippen LogP contribution in [0.4, 0.5) is 0 Å². The third kappa shape index (κ3) is 2.77. The number of nitrogens with zero attached hydrogens (tertiary/aromatic N) is 1. The fourth-order valence-electron chi connectivity index (χ4n) is 1.60. The van der Waals surface area contributed by atoms with Gasteiger partial charge in [-0.15, -0.1) is 5.92 Å². The van der Waals surface area contributed by atoms with Crippen LogP contribution in [-0.4, -0.2) is 23.9 Å². The van der Waals surface area contributed by atoms with Gasteiger partial charge in [-0.3, -0.25) is 4.79 Å². The molecule has 1 radical (unpaired) electrons. The number of likely N-dealkylation sites (tertiary alicyclic amines) is 1. The molecule has 71 valence electrons. The number of hydrogen-bond acceptors (Lipinski definition) is 1. The first kappa shape index (κ1) is 10.1. The number of hydrogen-bond donors (Lipinski definition) is 0. The normalized spacial score (nSPS) is 18.8. The van der Waals surface area contributed by atoms with Crippen molar-refractivity contribution in [3.63, 3.8) is 0 Å². The highest BCUT2D eigenvalue weighted by Crippen LogP contribution is 2.11. The predicted octanol–water partition coefficient (Wildman–Crippen LogP) is 1.47. The Morgan fingerprint density at radius 1 is 1.38 bits per heavy atom. The van der Waals surface area contributed by atoms with Gasteiger partial charge in [-0.25, -0.2) is 0 Å². The smallest absolute Gasteiger partial charge is 0.237 e. The Kier molecular flexibility index (Phi) is 3.82. The van der Waals surface area contributed by atoms with E-state index in [2.05, 4.69) is 18.8 Å². The highest BCUT2D eigenvalue weighted by atomic mass is 16.2. The zero-order chi connectivity index (χ0) is 9.68. The second kappa shape index (κ2) is 4.91. The fraction of sp³-hybridized carbons (Fsp3) is 0.636. The quantitative estimate of drug-likeness (QED) is 0.557. The van der Waals surface area contributed by atoms with E-state index in [1.54, 1.807) is 0 Å². The first-order valence-corrected chi connectivity index (χ1v) is 4.82. The van der Waals surface area contributed by atoms with E-state index in [9.17, 15) is 4.79 Å². The minimum Gasteiger partial charge on any atom is -0.342 e. The minimum atomic E-state index is -0.185. The van der Waals surface area contributed by atoms with Crippen LogP contribution in [0.5, 0.6) is 0 Å². The van der Waals surface area contributed by atoms with E-state index in [0.29, 0.717) is 0 Å². The van der Waals surface area contributed by atoms with Gasteiger partial charge in [-0.2, -0.15) is 0 Å². The molecular formula is C11H16NO. The van der Waals surface area contributed by atoms with E-state index in [1.807, 2.05) is 11.8 Å². The van der Waals surface area contributed by atoms with Gasteiger partial charge in [0.05, 0.1) is 5.92 Å². The Morgan fingerprint density at radius 2 is 2.00 bits per heavy atom. The van der Waals surface area contributed by atoms with Gasteiger partial charge in [-0.05, 0) is 26.2 Å².